The number of halogens is 2. The summed E-state index contributed by atoms with van der Waals surface area (Å²) in [7, 11) is 0. The third kappa shape index (κ3) is 5.29. The molecule has 0 bridgehead atoms. The lowest BCUT2D eigenvalue weighted by Crippen LogP contribution is -2.27. The maximum atomic E-state index is 6.37. The molecule has 0 aliphatic carbocycles. The van der Waals surface area contributed by atoms with Crippen LogP contribution in [0, 0.1) is 6.92 Å². The van der Waals surface area contributed by atoms with Crippen molar-refractivity contribution in [2.45, 2.75) is 42.9 Å². The molecule has 3 aromatic rings. The van der Waals surface area contributed by atoms with Gasteiger partial charge in [0.05, 0.1) is 6.33 Å². The van der Waals surface area contributed by atoms with Crippen molar-refractivity contribution >= 4 is 35.0 Å². The SMILES string of the molecule is Cc1ccc(SC(C)(CCc2ccc(Cl)cc2Cl)Cn2ccnc2)cc1. The molecule has 1 heterocycles. The van der Waals surface area contributed by atoms with Crippen LogP contribution in [0.2, 0.25) is 10.0 Å². The van der Waals surface area contributed by atoms with Crippen molar-refractivity contribution in [1.29, 1.82) is 0 Å². The van der Waals surface area contributed by atoms with E-state index < -0.39 is 0 Å². The van der Waals surface area contributed by atoms with Gasteiger partial charge in [0.15, 0.2) is 0 Å². The molecule has 3 rings (SSSR count). The largest absolute Gasteiger partial charge is 0.336 e. The summed E-state index contributed by atoms with van der Waals surface area (Å²) in [5.41, 5.74) is 2.41. The first-order valence-corrected chi connectivity index (χ1v) is 10.2. The Kier molecular flexibility index (Phi) is 6.33. The summed E-state index contributed by atoms with van der Waals surface area (Å²) in [5.74, 6) is 0. The Balaban J connectivity index is 1.78. The molecular weight excluding hydrogens is 383 g/mol. The van der Waals surface area contributed by atoms with Gasteiger partial charge in [-0.2, -0.15) is 0 Å². The van der Waals surface area contributed by atoms with Gasteiger partial charge in [0.2, 0.25) is 0 Å². The second-order valence-corrected chi connectivity index (χ2v) is 9.34. The summed E-state index contributed by atoms with van der Waals surface area (Å²) in [6, 6.07) is 14.5. The number of nitrogens with zero attached hydrogens (tertiary/aromatic N) is 2. The maximum absolute atomic E-state index is 6.37. The van der Waals surface area contributed by atoms with Gasteiger partial charge in [-0.05, 0) is 56.5 Å². The van der Waals surface area contributed by atoms with Crippen molar-refractivity contribution in [3.8, 4) is 0 Å². The third-order valence-corrected chi connectivity index (χ3v) is 6.32. The van der Waals surface area contributed by atoms with Crippen molar-refractivity contribution in [3.05, 3.63) is 82.4 Å². The molecule has 26 heavy (non-hydrogen) atoms. The summed E-state index contributed by atoms with van der Waals surface area (Å²) >= 11 is 14.3. The molecule has 1 atom stereocenters. The summed E-state index contributed by atoms with van der Waals surface area (Å²) < 4.78 is 2.16. The predicted octanol–water partition coefficient (Wildman–Crippen LogP) is 6.68. The monoisotopic (exact) mass is 404 g/mol. The van der Waals surface area contributed by atoms with Crippen LogP contribution in [0.25, 0.3) is 0 Å². The van der Waals surface area contributed by atoms with Gasteiger partial charge in [0, 0.05) is 38.6 Å². The minimum atomic E-state index is 0.0128. The average Bonchev–Trinajstić information content (AvgIpc) is 3.09. The molecule has 1 aromatic heterocycles. The number of hydrogen-bond donors (Lipinski definition) is 0. The van der Waals surface area contributed by atoms with Crippen molar-refractivity contribution in [2.24, 2.45) is 0 Å². The number of hydrogen-bond acceptors (Lipinski definition) is 2. The molecule has 0 saturated carbocycles. The Morgan fingerprint density at radius 1 is 1.12 bits per heavy atom. The van der Waals surface area contributed by atoms with Crippen LogP contribution < -0.4 is 0 Å². The van der Waals surface area contributed by atoms with Gasteiger partial charge in [0.25, 0.3) is 0 Å². The third-order valence-electron chi connectivity index (χ3n) is 4.40. The minimum absolute atomic E-state index is 0.0128. The highest BCUT2D eigenvalue weighted by atomic mass is 35.5. The van der Waals surface area contributed by atoms with Crippen LogP contribution in [0.3, 0.4) is 0 Å². The topological polar surface area (TPSA) is 17.8 Å². The first-order chi connectivity index (χ1) is 12.4. The number of imidazole rings is 1. The number of thioether (sulfide) groups is 1. The van der Waals surface area contributed by atoms with E-state index in [1.165, 1.54) is 10.5 Å². The smallest absolute Gasteiger partial charge is 0.0946 e. The molecule has 2 aromatic carbocycles. The van der Waals surface area contributed by atoms with Gasteiger partial charge in [-0.25, -0.2) is 4.98 Å². The Labute approximate surface area is 169 Å². The Hall–Kier alpha value is -1.42. The van der Waals surface area contributed by atoms with Gasteiger partial charge in [-0.1, -0.05) is 47.0 Å². The number of aryl methyl sites for hydroxylation is 2. The van der Waals surface area contributed by atoms with E-state index in [-0.39, 0.29) is 4.75 Å². The van der Waals surface area contributed by atoms with Crippen LogP contribution in [-0.2, 0) is 13.0 Å². The molecule has 2 nitrogen and oxygen atoms in total. The average molecular weight is 405 g/mol. The highest BCUT2D eigenvalue weighted by molar-refractivity contribution is 8.00. The van der Waals surface area contributed by atoms with Crippen LogP contribution in [0.4, 0.5) is 0 Å². The summed E-state index contributed by atoms with van der Waals surface area (Å²) in [5, 5.41) is 1.41. The molecular formula is C21H22Cl2N2S. The lowest BCUT2D eigenvalue weighted by Gasteiger charge is -2.30. The van der Waals surface area contributed by atoms with E-state index in [1.807, 2.05) is 48.7 Å². The standard InChI is InChI=1S/C21H22Cl2N2S/c1-16-3-7-19(8-4-16)26-21(2,14-25-12-11-24-15-25)10-9-17-5-6-18(22)13-20(17)23/h3-8,11-13,15H,9-10,14H2,1-2H3. The van der Waals surface area contributed by atoms with Crippen LogP contribution in [0.15, 0.2) is 66.1 Å². The zero-order valence-corrected chi connectivity index (χ0v) is 17.3. The van der Waals surface area contributed by atoms with E-state index in [0.717, 1.165) is 30.0 Å². The molecule has 0 spiro atoms. The number of aromatic nitrogens is 2. The van der Waals surface area contributed by atoms with Crippen LogP contribution in [0.5, 0.6) is 0 Å². The fourth-order valence-corrected chi connectivity index (χ4v) is 4.71. The van der Waals surface area contributed by atoms with Crippen LogP contribution in [-0.4, -0.2) is 14.3 Å². The number of rotatable bonds is 7. The fourth-order valence-electron chi connectivity index (χ4n) is 2.94. The van der Waals surface area contributed by atoms with E-state index in [2.05, 4.69) is 47.7 Å². The van der Waals surface area contributed by atoms with E-state index in [4.69, 9.17) is 23.2 Å². The quantitative estimate of drug-likeness (QED) is 0.408. The Morgan fingerprint density at radius 3 is 2.54 bits per heavy atom. The lowest BCUT2D eigenvalue weighted by molar-refractivity contribution is 0.495. The lowest BCUT2D eigenvalue weighted by atomic mass is 10.00. The zero-order chi connectivity index (χ0) is 18.6. The summed E-state index contributed by atoms with van der Waals surface area (Å²) in [4.78, 5) is 5.46. The second-order valence-electron chi connectivity index (χ2n) is 6.84. The van der Waals surface area contributed by atoms with E-state index in [1.54, 1.807) is 0 Å². The first kappa shape index (κ1) is 19.3. The van der Waals surface area contributed by atoms with Crippen LogP contribution >= 0.6 is 35.0 Å². The molecule has 0 radical (unpaired) electrons. The summed E-state index contributed by atoms with van der Waals surface area (Å²) in [6.07, 6.45) is 7.62. The molecule has 0 aliphatic rings. The molecule has 136 valence electrons. The highest BCUT2D eigenvalue weighted by Gasteiger charge is 2.26. The molecule has 0 saturated heterocycles. The van der Waals surface area contributed by atoms with Crippen molar-refractivity contribution in [3.63, 3.8) is 0 Å². The zero-order valence-electron chi connectivity index (χ0n) is 15.0. The van der Waals surface area contributed by atoms with Crippen LogP contribution in [0.1, 0.15) is 24.5 Å². The second kappa shape index (κ2) is 8.51. The van der Waals surface area contributed by atoms with Crippen molar-refractivity contribution in [1.82, 2.24) is 9.55 Å². The normalized spacial score (nSPS) is 13.5. The predicted molar refractivity (Wildman–Crippen MR) is 112 cm³/mol. The van der Waals surface area contributed by atoms with Gasteiger partial charge in [-0.3, -0.25) is 0 Å². The first-order valence-electron chi connectivity index (χ1n) is 8.59. The maximum Gasteiger partial charge on any atom is 0.0946 e. The van der Waals surface area contributed by atoms with Gasteiger partial charge >= 0.3 is 0 Å². The fraction of sp³-hybridized carbons (Fsp3) is 0.286. The Morgan fingerprint density at radius 2 is 1.88 bits per heavy atom. The molecule has 0 N–H and O–H groups in total. The molecule has 5 heteroatoms. The van der Waals surface area contributed by atoms with Gasteiger partial charge in [-0.15, -0.1) is 11.8 Å². The van der Waals surface area contributed by atoms with Crippen molar-refractivity contribution in [2.75, 3.05) is 0 Å². The van der Waals surface area contributed by atoms with Gasteiger partial charge < -0.3 is 4.57 Å². The summed E-state index contributed by atoms with van der Waals surface area (Å²) in [6.45, 7) is 5.31. The molecule has 0 aliphatic heterocycles. The molecule has 0 amide bonds. The molecule has 0 fully saturated rings. The van der Waals surface area contributed by atoms with Gasteiger partial charge in [0.1, 0.15) is 0 Å². The van der Waals surface area contributed by atoms with E-state index >= 15 is 0 Å². The minimum Gasteiger partial charge on any atom is -0.336 e. The molecule has 1 unspecified atom stereocenters. The number of benzene rings is 2. The van der Waals surface area contributed by atoms with Crippen molar-refractivity contribution < 1.29 is 0 Å². The van der Waals surface area contributed by atoms with E-state index in [0.29, 0.717) is 5.02 Å². The Bertz CT molecular complexity index is 847. The highest BCUT2D eigenvalue weighted by Crippen LogP contribution is 2.38. The van der Waals surface area contributed by atoms with E-state index in [9.17, 15) is 0 Å².